The van der Waals surface area contributed by atoms with Crippen LogP contribution in [0.4, 0.5) is 4.79 Å². The van der Waals surface area contributed by atoms with Crippen molar-refractivity contribution in [3.05, 3.63) is 40.9 Å². The van der Waals surface area contributed by atoms with Gasteiger partial charge in [-0.3, -0.25) is 14.5 Å². The molecule has 0 atom stereocenters. The van der Waals surface area contributed by atoms with Crippen LogP contribution >= 0.6 is 11.8 Å². The Labute approximate surface area is 141 Å². The first-order valence-corrected chi connectivity index (χ1v) is 7.79. The first-order valence-electron chi connectivity index (χ1n) is 6.98. The maximum atomic E-state index is 12.2. The molecule has 6 nitrogen and oxygen atoms in total. The van der Waals surface area contributed by atoms with E-state index >= 15 is 0 Å². The Morgan fingerprint density at radius 1 is 1.33 bits per heavy atom. The number of hydrogen-bond acceptors (Lipinski definition) is 5. The van der Waals surface area contributed by atoms with E-state index in [1.54, 1.807) is 24.4 Å². The Kier molecular flexibility index (Phi) is 4.15. The summed E-state index contributed by atoms with van der Waals surface area (Å²) in [7, 11) is 0. The number of carboxylic acid groups (broad SMARTS) is 1. The third kappa shape index (κ3) is 2.79. The summed E-state index contributed by atoms with van der Waals surface area (Å²) in [5.41, 5.74) is 1.36. The summed E-state index contributed by atoms with van der Waals surface area (Å²) in [6.45, 7) is -0.374. The van der Waals surface area contributed by atoms with Gasteiger partial charge in [0.1, 0.15) is 0 Å². The summed E-state index contributed by atoms with van der Waals surface area (Å²) in [6.07, 6.45) is 8.36. The predicted molar refractivity (Wildman–Crippen MR) is 88.5 cm³/mol. The first kappa shape index (κ1) is 15.9. The Balaban J connectivity index is 2.05. The average Bonchev–Trinajstić information content (AvgIpc) is 3.01. The minimum Gasteiger partial charge on any atom is -0.548 e. The van der Waals surface area contributed by atoms with Crippen molar-refractivity contribution in [2.24, 2.45) is 0 Å². The van der Waals surface area contributed by atoms with Crippen LogP contribution in [0.2, 0.25) is 0 Å². The minimum absolute atomic E-state index is 0.0750. The van der Waals surface area contributed by atoms with Crippen LogP contribution in [-0.4, -0.2) is 33.1 Å². The zero-order valence-corrected chi connectivity index (χ0v) is 13.2. The molecule has 2 aromatic rings. The van der Waals surface area contributed by atoms with Crippen molar-refractivity contribution in [1.82, 2.24) is 9.47 Å². The number of aliphatic carboxylic acids is 1. The number of carboxylic acids is 1. The van der Waals surface area contributed by atoms with E-state index in [9.17, 15) is 19.5 Å². The second kappa shape index (κ2) is 6.26. The summed E-state index contributed by atoms with van der Waals surface area (Å²) in [5.74, 6) is 0.621. The molecule has 24 heavy (non-hydrogen) atoms. The van der Waals surface area contributed by atoms with E-state index in [0.29, 0.717) is 11.1 Å². The fourth-order valence-corrected chi connectivity index (χ4v) is 3.36. The van der Waals surface area contributed by atoms with E-state index in [0.717, 1.165) is 22.0 Å². The molecule has 7 heteroatoms. The van der Waals surface area contributed by atoms with E-state index < -0.39 is 17.1 Å². The van der Waals surface area contributed by atoms with Crippen molar-refractivity contribution < 1.29 is 19.5 Å². The number of aromatic nitrogens is 1. The number of hydrogen-bond donors (Lipinski definition) is 0. The maximum Gasteiger partial charge on any atom is 0.294 e. The van der Waals surface area contributed by atoms with Gasteiger partial charge in [0.05, 0.1) is 24.0 Å². The number of imide groups is 1. The number of para-hydroxylation sites is 1. The van der Waals surface area contributed by atoms with Gasteiger partial charge in [-0.25, -0.2) is 0 Å². The number of amides is 2. The first-order chi connectivity index (χ1) is 11.5. The molecule has 2 heterocycles. The fourth-order valence-electron chi connectivity index (χ4n) is 2.53. The lowest BCUT2D eigenvalue weighted by Gasteiger charge is -2.06. The van der Waals surface area contributed by atoms with Gasteiger partial charge in [0.25, 0.3) is 11.1 Å². The molecule has 0 bridgehead atoms. The van der Waals surface area contributed by atoms with Crippen LogP contribution in [0.15, 0.2) is 35.4 Å². The number of nitrogens with zero attached hydrogens (tertiary/aromatic N) is 2. The molecule has 1 aliphatic heterocycles. The molecule has 2 amide bonds. The van der Waals surface area contributed by atoms with Gasteiger partial charge in [0.15, 0.2) is 0 Å². The third-order valence-electron chi connectivity index (χ3n) is 3.53. The Morgan fingerprint density at radius 2 is 2.08 bits per heavy atom. The number of fused-ring (bicyclic) bond motifs is 1. The number of benzene rings is 1. The van der Waals surface area contributed by atoms with E-state index in [1.807, 2.05) is 12.1 Å². The molecular formula is C17H11N2O4S-. The molecule has 0 spiro atoms. The minimum atomic E-state index is -1.21. The average molecular weight is 339 g/mol. The molecule has 0 unspecified atom stereocenters. The Hall–Kier alpha value is -2.98. The van der Waals surface area contributed by atoms with Gasteiger partial charge < -0.3 is 14.5 Å². The van der Waals surface area contributed by atoms with Crippen LogP contribution in [-0.2, 0) is 16.1 Å². The second-order valence-electron chi connectivity index (χ2n) is 5.07. The summed E-state index contributed by atoms with van der Waals surface area (Å²) < 4.78 is 1.53. The van der Waals surface area contributed by atoms with Crippen LogP contribution in [0.1, 0.15) is 5.56 Å². The van der Waals surface area contributed by atoms with Gasteiger partial charge in [-0.1, -0.05) is 24.1 Å². The van der Waals surface area contributed by atoms with Crippen LogP contribution in [0.3, 0.4) is 0 Å². The zero-order chi connectivity index (χ0) is 17.3. The molecule has 0 aliphatic carbocycles. The van der Waals surface area contributed by atoms with Gasteiger partial charge in [0.2, 0.25) is 0 Å². The van der Waals surface area contributed by atoms with E-state index in [-0.39, 0.29) is 18.0 Å². The molecule has 3 rings (SSSR count). The molecule has 1 aliphatic rings. The van der Waals surface area contributed by atoms with Gasteiger partial charge in [-0.15, -0.1) is 6.42 Å². The highest BCUT2D eigenvalue weighted by molar-refractivity contribution is 8.18. The molecule has 120 valence electrons. The van der Waals surface area contributed by atoms with Crippen LogP contribution in [0, 0.1) is 12.3 Å². The number of rotatable bonds is 4. The maximum absolute atomic E-state index is 12.2. The lowest BCUT2D eigenvalue weighted by atomic mass is 10.1. The molecule has 0 N–H and O–H groups in total. The largest absolute Gasteiger partial charge is 0.548 e. The highest BCUT2D eigenvalue weighted by atomic mass is 32.2. The number of terminal acetylenes is 1. The smallest absolute Gasteiger partial charge is 0.294 e. The number of carbonyl (C=O) groups is 3. The van der Waals surface area contributed by atoms with E-state index in [2.05, 4.69) is 5.92 Å². The van der Waals surface area contributed by atoms with Crippen molar-refractivity contribution >= 4 is 45.9 Å². The van der Waals surface area contributed by atoms with Gasteiger partial charge in [-0.05, 0) is 23.9 Å². The van der Waals surface area contributed by atoms with E-state index in [1.165, 1.54) is 4.57 Å². The summed E-state index contributed by atoms with van der Waals surface area (Å²) in [6, 6.07) is 7.20. The van der Waals surface area contributed by atoms with Crippen molar-refractivity contribution in [2.75, 3.05) is 6.54 Å². The van der Waals surface area contributed by atoms with Gasteiger partial charge in [-0.2, -0.15) is 0 Å². The molecule has 1 fully saturated rings. The fraction of sp³-hybridized carbons (Fsp3) is 0.118. The second-order valence-corrected chi connectivity index (χ2v) is 6.07. The Morgan fingerprint density at radius 3 is 2.79 bits per heavy atom. The topological polar surface area (TPSA) is 82.4 Å². The zero-order valence-electron chi connectivity index (χ0n) is 12.4. The van der Waals surface area contributed by atoms with Gasteiger partial charge in [0, 0.05) is 22.7 Å². The molecular weight excluding hydrogens is 328 g/mol. The summed E-state index contributed by atoms with van der Waals surface area (Å²) in [4.78, 5) is 36.2. The van der Waals surface area contributed by atoms with Crippen molar-refractivity contribution in [1.29, 1.82) is 0 Å². The SMILES string of the molecule is C#CCN1C(=O)S/C(=C/c2cn(CC(=O)[O-])c3ccccc23)C1=O. The molecule has 1 aromatic heterocycles. The molecule has 1 saturated heterocycles. The summed E-state index contributed by atoms with van der Waals surface area (Å²) in [5, 5.41) is 11.3. The Bertz CT molecular complexity index is 936. The summed E-state index contributed by atoms with van der Waals surface area (Å²) >= 11 is 0.813. The lowest BCUT2D eigenvalue weighted by Crippen LogP contribution is -2.28. The van der Waals surface area contributed by atoms with Crippen molar-refractivity contribution in [2.45, 2.75) is 6.54 Å². The number of carbonyl (C=O) groups excluding carboxylic acids is 3. The van der Waals surface area contributed by atoms with E-state index in [4.69, 9.17) is 6.42 Å². The molecule has 0 radical (unpaired) electrons. The third-order valence-corrected chi connectivity index (χ3v) is 4.44. The molecule has 1 aromatic carbocycles. The van der Waals surface area contributed by atoms with Crippen molar-refractivity contribution in [3.63, 3.8) is 0 Å². The standard InChI is InChI=1S/C17H12N2O4S/c1-2-7-19-16(22)14(24-17(19)23)8-11-9-18(10-15(20)21)13-6-4-3-5-12(11)13/h1,3-6,8-9H,7,10H2,(H,20,21)/p-1/b14-8+. The quantitative estimate of drug-likeness (QED) is 0.614. The normalized spacial score (nSPS) is 16.1. The van der Waals surface area contributed by atoms with Gasteiger partial charge >= 0.3 is 0 Å². The molecule has 0 saturated carbocycles. The van der Waals surface area contributed by atoms with Crippen molar-refractivity contribution in [3.8, 4) is 12.3 Å². The number of thioether (sulfide) groups is 1. The van der Waals surface area contributed by atoms with Crippen LogP contribution in [0.5, 0.6) is 0 Å². The highest BCUT2D eigenvalue weighted by Gasteiger charge is 2.34. The van der Waals surface area contributed by atoms with Crippen LogP contribution < -0.4 is 5.11 Å². The highest BCUT2D eigenvalue weighted by Crippen LogP contribution is 2.33. The van der Waals surface area contributed by atoms with Crippen LogP contribution in [0.25, 0.3) is 17.0 Å². The monoisotopic (exact) mass is 339 g/mol. The predicted octanol–water partition coefficient (Wildman–Crippen LogP) is 1.06. The lowest BCUT2D eigenvalue weighted by molar-refractivity contribution is -0.306.